The maximum Gasteiger partial charge on any atom is 0.234 e. The van der Waals surface area contributed by atoms with Crippen molar-refractivity contribution < 1.29 is 4.79 Å². The highest BCUT2D eigenvalue weighted by molar-refractivity contribution is 8.00. The molecule has 0 aliphatic carbocycles. The number of anilines is 2. The lowest BCUT2D eigenvalue weighted by Crippen LogP contribution is -2.14. The van der Waals surface area contributed by atoms with Gasteiger partial charge in [0.2, 0.25) is 5.91 Å². The number of carbonyl (C=O) groups excluding carboxylic acids is 1. The Kier molecular flexibility index (Phi) is 5.38. The summed E-state index contributed by atoms with van der Waals surface area (Å²) in [5.74, 6) is 0.314. The van der Waals surface area contributed by atoms with Gasteiger partial charge in [-0.1, -0.05) is 18.2 Å². The van der Waals surface area contributed by atoms with Crippen LogP contribution in [-0.4, -0.2) is 17.9 Å². The summed E-state index contributed by atoms with van der Waals surface area (Å²) in [7, 11) is 0. The van der Waals surface area contributed by atoms with E-state index in [1.165, 1.54) is 11.8 Å². The number of nitrogen functional groups attached to an aromatic ring is 1. The number of rotatable bonds is 5. The predicted molar refractivity (Wildman–Crippen MR) is 88.4 cm³/mol. The molecule has 0 saturated heterocycles. The third-order valence-corrected chi connectivity index (χ3v) is 4.45. The topological polar surface area (TPSA) is 55.1 Å². The van der Waals surface area contributed by atoms with Gasteiger partial charge in [-0.05, 0) is 36.6 Å². The maximum atomic E-state index is 11.9. The second-order valence-electron chi connectivity index (χ2n) is 4.11. The summed E-state index contributed by atoms with van der Waals surface area (Å²) in [4.78, 5) is 14.0. The monoisotopic (exact) mass is 304 g/mol. The summed E-state index contributed by atoms with van der Waals surface area (Å²) in [5.41, 5.74) is 7.37. The fourth-order valence-corrected chi connectivity index (χ4v) is 2.88. The number of carbonyl (C=O) groups is 1. The number of hydrogen-bond donors (Lipinski definition) is 2. The van der Waals surface area contributed by atoms with E-state index in [9.17, 15) is 4.79 Å². The average molecular weight is 304 g/mol. The Balaban J connectivity index is 1.91. The molecule has 2 rings (SSSR count). The summed E-state index contributed by atoms with van der Waals surface area (Å²) in [6, 6.07) is 15.3. The third kappa shape index (κ3) is 4.21. The molecular formula is C15H16N2OS2. The van der Waals surface area contributed by atoms with Crippen LogP contribution in [0.1, 0.15) is 0 Å². The number of thioether (sulfide) groups is 2. The smallest absolute Gasteiger partial charge is 0.234 e. The average Bonchev–Trinajstić information content (AvgIpc) is 2.46. The first-order chi connectivity index (χ1) is 9.69. The fraction of sp³-hybridized carbons (Fsp3) is 0.133. The molecule has 20 heavy (non-hydrogen) atoms. The Morgan fingerprint density at radius 3 is 2.75 bits per heavy atom. The van der Waals surface area contributed by atoms with Crippen molar-refractivity contribution in [1.82, 2.24) is 0 Å². The Morgan fingerprint density at radius 1 is 1.20 bits per heavy atom. The Labute approximate surface area is 127 Å². The second-order valence-corrected chi connectivity index (χ2v) is 6.00. The lowest BCUT2D eigenvalue weighted by Gasteiger charge is -2.07. The van der Waals surface area contributed by atoms with Gasteiger partial charge in [0.1, 0.15) is 0 Å². The SMILES string of the molecule is CSc1cccc(NC(=O)CSc2ccccc2N)c1. The summed E-state index contributed by atoms with van der Waals surface area (Å²) in [6.45, 7) is 0. The van der Waals surface area contributed by atoms with Crippen molar-refractivity contribution in [2.24, 2.45) is 0 Å². The number of amides is 1. The van der Waals surface area contributed by atoms with Gasteiger partial charge in [0.05, 0.1) is 5.75 Å². The zero-order valence-electron chi connectivity index (χ0n) is 11.1. The highest BCUT2D eigenvalue weighted by Gasteiger charge is 2.05. The predicted octanol–water partition coefficient (Wildman–Crippen LogP) is 3.72. The van der Waals surface area contributed by atoms with E-state index in [0.29, 0.717) is 11.4 Å². The minimum absolute atomic E-state index is 0.0310. The molecule has 0 unspecified atom stereocenters. The third-order valence-electron chi connectivity index (χ3n) is 2.63. The van der Waals surface area contributed by atoms with E-state index in [2.05, 4.69) is 5.32 Å². The first-order valence-electron chi connectivity index (χ1n) is 6.10. The van der Waals surface area contributed by atoms with Crippen LogP contribution in [0, 0.1) is 0 Å². The van der Waals surface area contributed by atoms with Gasteiger partial charge in [-0.15, -0.1) is 23.5 Å². The molecule has 0 saturated carbocycles. The molecule has 0 aliphatic rings. The van der Waals surface area contributed by atoms with Gasteiger partial charge in [-0.2, -0.15) is 0 Å². The molecule has 3 N–H and O–H groups in total. The second kappa shape index (κ2) is 7.26. The quantitative estimate of drug-likeness (QED) is 0.653. The highest BCUT2D eigenvalue weighted by Crippen LogP contribution is 2.24. The normalized spacial score (nSPS) is 10.2. The van der Waals surface area contributed by atoms with Gasteiger partial charge in [0.25, 0.3) is 0 Å². The van der Waals surface area contributed by atoms with Gasteiger partial charge in [0.15, 0.2) is 0 Å². The Morgan fingerprint density at radius 2 is 2.00 bits per heavy atom. The molecule has 0 spiro atoms. The van der Waals surface area contributed by atoms with Crippen LogP contribution in [0.25, 0.3) is 0 Å². The van der Waals surface area contributed by atoms with Crippen molar-refractivity contribution in [3.8, 4) is 0 Å². The lowest BCUT2D eigenvalue weighted by atomic mass is 10.3. The van der Waals surface area contributed by atoms with E-state index in [4.69, 9.17) is 5.73 Å². The van der Waals surface area contributed by atoms with Crippen LogP contribution in [0.4, 0.5) is 11.4 Å². The van der Waals surface area contributed by atoms with E-state index in [1.54, 1.807) is 11.8 Å². The molecule has 0 atom stereocenters. The summed E-state index contributed by atoms with van der Waals surface area (Å²) >= 11 is 3.09. The molecule has 2 aromatic carbocycles. The molecule has 2 aromatic rings. The molecule has 5 heteroatoms. The van der Waals surface area contributed by atoms with E-state index < -0.39 is 0 Å². The molecule has 0 radical (unpaired) electrons. The molecule has 104 valence electrons. The van der Waals surface area contributed by atoms with Crippen molar-refractivity contribution in [2.75, 3.05) is 23.1 Å². The Bertz CT molecular complexity index is 602. The van der Waals surface area contributed by atoms with Crippen molar-refractivity contribution in [1.29, 1.82) is 0 Å². The van der Waals surface area contributed by atoms with Gasteiger partial charge in [0, 0.05) is 21.2 Å². The van der Waals surface area contributed by atoms with E-state index in [0.717, 1.165) is 15.5 Å². The van der Waals surface area contributed by atoms with Crippen molar-refractivity contribution >= 4 is 40.8 Å². The maximum absolute atomic E-state index is 11.9. The fourth-order valence-electron chi connectivity index (χ4n) is 1.65. The molecular weight excluding hydrogens is 288 g/mol. The number of hydrogen-bond acceptors (Lipinski definition) is 4. The first-order valence-corrected chi connectivity index (χ1v) is 8.31. The molecule has 0 fully saturated rings. The summed E-state index contributed by atoms with van der Waals surface area (Å²) in [6.07, 6.45) is 2.01. The minimum Gasteiger partial charge on any atom is -0.398 e. The van der Waals surface area contributed by atoms with Crippen molar-refractivity contribution in [3.63, 3.8) is 0 Å². The number of nitrogens with two attached hydrogens (primary N) is 1. The number of nitrogens with one attached hydrogen (secondary N) is 1. The number of para-hydroxylation sites is 1. The summed E-state index contributed by atoms with van der Waals surface area (Å²) in [5, 5.41) is 2.89. The van der Waals surface area contributed by atoms with Crippen LogP contribution in [0.2, 0.25) is 0 Å². The van der Waals surface area contributed by atoms with E-state index in [-0.39, 0.29) is 5.91 Å². The lowest BCUT2D eigenvalue weighted by molar-refractivity contribution is -0.113. The van der Waals surface area contributed by atoms with E-state index >= 15 is 0 Å². The number of benzene rings is 2. The zero-order chi connectivity index (χ0) is 14.4. The van der Waals surface area contributed by atoms with Crippen LogP contribution in [-0.2, 0) is 4.79 Å². The first kappa shape index (κ1) is 14.8. The minimum atomic E-state index is -0.0310. The standard InChI is InChI=1S/C15H16N2OS2/c1-19-12-6-4-5-11(9-12)17-15(18)10-20-14-8-3-2-7-13(14)16/h2-9H,10,16H2,1H3,(H,17,18). The Hall–Kier alpha value is -1.59. The molecule has 0 aromatic heterocycles. The van der Waals surface area contributed by atoms with Crippen LogP contribution in [0.5, 0.6) is 0 Å². The molecule has 0 heterocycles. The largest absolute Gasteiger partial charge is 0.398 e. The van der Waals surface area contributed by atoms with Crippen molar-refractivity contribution in [2.45, 2.75) is 9.79 Å². The summed E-state index contributed by atoms with van der Waals surface area (Å²) < 4.78 is 0. The highest BCUT2D eigenvalue weighted by atomic mass is 32.2. The van der Waals surface area contributed by atoms with Crippen LogP contribution in [0.15, 0.2) is 58.3 Å². The molecule has 0 aliphatic heterocycles. The van der Waals surface area contributed by atoms with Gasteiger partial charge < -0.3 is 11.1 Å². The molecule has 1 amide bonds. The van der Waals surface area contributed by atoms with Crippen molar-refractivity contribution in [3.05, 3.63) is 48.5 Å². The van der Waals surface area contributed by atoms with Crippen LogP contribution < -0.4 is 11.1 Å². The molecule has 3 nitrogen and oxygen atoms in total. The van der Waals surface area contributed by atoms with Crippen LogP contribution >= 0.6 is 23.5 Å². The van der Waals surface area contributed by atoms with E-state index in [1.807, 2.05) is 54.8 Å². The van der Waals surface area contributed by atoms with Gasteiger partial charge >= 0.3 is 0 Å². The van der Waals surface area contributed by atoms with Gasteiger partial charge in [-0.25, -0.2) is 0 Å². The molecule has 0 bridgehead atoms. The zero-order valence-corrected chi connectivity index (χ0v) is 12.8. The van der Waals surface area contributed by atoms with Gasteiger partial charge in [-0.3, -0.25) is 4.79 Å². The van der Waals surface area contributed by atoms with Crippen LogP contribution in [0.3, 0.4) is 0 Å².